The molecular formula is C41H25N5O. The number of hydrogen-bond acceptors (Lipinski definition) is 6. The van der Waals surface area contributed by atoms with Crippen molar-refractivity contribution in [2.45, 2.75) is 0 Å². The Kier molecular flexibility index (Phi) is 6.35. The molecule has 0 spiro atoms. The number of pyridine rings is 2. The van der Waals surface area contributed by atoms with E-state index in [0.29, 0.717) is 17.5 Å². The Morgan fingerprint density at radius 1 is 0.383 bits per heavy atom. The van der Waals surface area contributed by atoms with Crippen LogP contribution in [0.4, 0.5) is 0 Å². The molecule has 0 saturated carbocycles. The highest BCUT2D eigenvalue weighted by Gasteiger charge is 2.17. The molecule has 0 fully saturated rings. The van der Waals surface area contributed by atoms with E-state index in [-0.39, 0.29) is 0 Å². The third kappa shape index (κ3) is 4.80. The van der Waals surface area contributed by atoms with Crippen LogP contribution in [0.25, 0.3) is 89.5 Å². The zero-order valence-corrected chi connectivity index (χ0v) is 25.1. The summed E-state index contributed by atoms with van der Waals surface area (Å²) in [7, 11) is 0. The summed E-state index contributed by atoms with van der Waals surface area (Å²) in [6.07, 6.45) is 1.80. The quantitative estimate of drug-likeness (QED) is 0.195. The van der Waals surface area contributed by atoms with Gasteiger partial charge in [0.2, 0.25) is 0 Å². The van der Waals surface area contributed by atoms with Gasteiger partial charge in [0.25, 0.3) is 0 Å². The Bertz CT molecular complexity index is 2500. The van der Waals surface area contributed by atoms with Crippen molar-refractivity contribution >= 4 is 33.0 Å². The van der Waals surface area contributed by atoms with Crippen LogP contribution in [-0.4, -0.2) is 24.9 Å². The lowest BCUT2D eigenvalue weighted by Gasteiger charge is -2.11. The number of nitrogens with zero attached hydrogens (tertiary/aromatic N) is 5. The zero-order chi connectivity index (χ0) is 31.2. The monoisotopic (exact) mass is 603 g/mol. The number of aromatic nitrogens is 5. The van der Waals surface area contributed by atoms with Gasteiger partial charge in [-0.15, -0.1) is 0 Å². The van der Waals surface area contributed by atoms with Crippen molar-refractivity contribution in [2.24, 2.45) is 0 Å². The molecule has 6 heteroatoms. The lowest BCUT2D eigenvalue weighted by molar-refractivity contribution is 0.668. The molecule has 9 rings (SSSR count). The minimum atomic E-state index is 0.618. The average Bonchev–Trinajstić information content (AvgIpc) is 3.54. The number of fused-ring (bicyclic) bond motifs is 4. The molecule has 220 valence electrons. The fourth-order valence-corrected chi connectivity index (χ4v) is 6.12. The molecule has 4 aromatic heterocycles. The first-order chi connectivity index (χ1) is 23.3. The Balaban J connectivity index is 1.13. The van der Waals surface area contributed by atoms with Crippen LogP contribution < -0.4 is 0 Å². The second-order valence-corrected chi connectivity index (χ2v) is 11.3. The van der Waals surface area contributed by atoms with Gasteiger partial charge in [0, 0.05) is 39.4 Å². The van der Waals surface area contributed by atoms with Crippen molar-refractivity contribution < 1.29 is 4.42 Å². The first-order valence-electron chi connectivity index (χ1n) is 15.4. The van der Waals surface area contributed by atoms with Gasteiger partial charge in [-0.05, 0) is 29.8 Å². The fourth-order valence-electron chi connectivity index (χ4n) is 6.12. The molecule has 0 radical (unpaired) electrons. The van der Waals surface area contributed by atoms with E-state index in [0.717, 1.165) is 72.0 Å². The van der Waals surface area contributed by atoms with Gasteiger partial charge in [-0.2, -0.15) is 0 Å². The molecule has 6 nitrogen and oxygen atoms in total. The summed E-state index contributed by atoms with van der Waals surface area (Å²) >= 11 is 0. The van der Waals surface area contributed by atoms with Gasteiger partial charge in [0.15, 0.2) is 23.1 Å². The molecule has 0 unspecified atom stereocenters. The average molecular weight is 604 g/mol. The molecule has 0 atom stereocenters. The summed E-state index contributed by atoms with van der Waals surface area (Å²) in [6.45, 7) is 0. The van der Waals surface area contributed by atoms with E-state index in [2.05, 4.69) is 65.6 Å². The van der Waals surface area contributed by atoms with E-state index in [1.54, 1.807) is 6.20 Å². The smallest absolute Gasteiger partial charge is 0.164 e. The van der Waals surface area contributed by atoms with Crippen molar-refractivity contribution in [3.63, 3.8) is 0 Å². The van der Waals surface area contributed by atoms with Crippen LogP contribution in [0.3, 0.4) is 0 Å². The largest absolute Gasteiger partial charge is 0.454 e. The minimum Gasteiger partial charge on any atom is -0.454 e. The maximum atomic E-state index is 6.14. The van der Waals surface area contributed by atoms with Gasteiger partial charge >= 0.3 is 0 Å². The highest BCUT2D eigenvalue weighted by molar-refractivity contribution is 6.13. The van der Waals surface area contributed by atoms with E-state index in [1.165, 1.54) is 0 Å². The van der Waals surface area contributed by atoms with Crippen LogP contribution >= 0.6 is 0 Å². The number of para-hydroxylation sites is 1. The Morgan fingerprint density at radius 3 is 1.68 bits per heavy atom. The zero-order valence-electron chi connectivity index (χ0n) is 25.1. The number of hydrogen-bond donors (Lipinski definition) is 0. The van der Waals surface area contributed by atoms with Crippen LogP contribution in [-0.2, 0) is 0 Å². The summed E-state index contributed by atoms with van der Waals surface area (Å²) < 4.78 is 6.14. The van der Waals surface area contributed by atoms with E-state index in [9.17, 15) is 0 Å². The van der Waals surface area contributed by atoms with E-state index >= 15 is 0 Å². The predicted molar refractivity (Wildman–Crippen MR) is 187 cm³/mol. The van der Waals surface area contributed by atoms with Gasteiger partial charge < -0.3 is 4.42 Å². The number of benzene rings is 5. The maximum Gasteiger partial charge on any atom is 0.164 e. The first kappa shape index (κ1) is 26.8. The second kappa shape index (κ2) is 11.1. The van der Waals surface area contributed by atoms with Crippen molar-refractivity contribution in [3.05, 3.63) is 152 Å². The van der Waals surface area contributed by atoms with E-state index < -0.39 is 0 Å². The van der Waals surface area contributed by atoms with E-state index in [4.69, 9.17) is 24.4 Å². The standard InChI is InChI=1S/C41H25N5O/c1-3-10-28(11-4-1)39-44-40(29-12-5-2-6-13-29)46-41(45-39)30-21-19-26(20-22-30)33-24-23-27-14-7-16-32(37(27)43-33)31-15-8-17-34-36(31)38-35(47-34)18-9-25-42-38/h1-25H. The molecule has 0 bridgehead atoms. The van der Waals surface area contributed by atoms with Gasteiger partial charge in [-0.25, -0.2) is 19.9 Å². The van der Waals surface area contributed by atoms with E-state index in [1.807, 2.05) is 84.9 Å². The van der Waals surface area contributed by atoms with Crippen molar-refractivity contribution in [2.75, 3.05) is 0 Å². The maximum absolute atomic E-state index is 6.14. The van der Waals surface area contributed by atoms with Crippen molar-refractivity contribution in [1.82, 2.24) is 24.9 Å². The van der Waals surface area contributed by atoms with Crippen molar-refractivity contribution in [3.8, 4) is 56.5 Å². The third-order valence-electron chi connectivity index (χ3n) is 8.40. The Morgan fingerprint density at radius 2 is 0.979 bits per heavy atom. The molecule has 0 aliphatic rings. The summed E-state index contributed by atoms with van der Waals surface area (Å²) in [5.41, 5.74) is 10.1. The number of rotatable bonds is 5. The van der Waals surface area contributed by atoms with Crippen LogP contribution in [0.1, 0.15) is 0 Å². The van der Waals surface area contributed by atoms with Crippen LogP contribution in [0.15, 0.2) is 156 Å². The fraction of sp³-hybridized carbons (Fsp3) is 0. The topological polar surface area (TPSA) is 77.6 Å². The molecule has 0 N–H and O–H groups in total. The van der Waals surface area contributed by atoms with Gasteiger partial charge in [-0.1, -0.05) is 121 Å². The van der Waals surface area contributed by atoms with Gasteiger partial charge in [-0.3, -0.25) is 4.98 Å². The second-order valence-electron chi connectivity index (χ2n) is 11.3. The summed E-state index contributed by atoms with van der Waals surface area (Å²) in [5.74, 6) is 1.89. The van der Waals surface area contributed by atoms with Crippen LogP contribution in [0, 0.1) is 0 Å². The molecule has 4 heterocycles. The van der Waals surface area contributed by atoms with Crippen molar-refractivity contribution in [1.29, 1.82) is 0 Å². The Labute approximate surface area is 270 Å². The first-order valence-corrected chi connectivity index (χ1v) is 15.4. The molecule has 0 saturated heterocycles. The highest BCUT2D eigenvalue weighted by atomic mass is 16.3. The summed E-state index contributed by atoms with van der Waals surface area (Å²) in [6, 6.07) is 48.7. The lowest BCUT2D eigenvalue weighted by atomic mass is 9.97. The van der Waals surface area contributed by atoms with Crippen LogP contribution in [0.5, 0.6) is 0 Å². The van der Waals surface area contributed by atoms with Gasteiger partial charge in [0.1, 0.15) is 11.1 Å². The molecule has 0 aliphatic carbocycles. The Hall–Kier alpha value is -6.53. The third-order valence-corrected chi connectivity index (χ3v) is 8.40. The van der Waals surface area contributed by atoms with Crippen LogP contribution in [0.2, 0.25) is 0 Å². The normalized spacial score (nSPS) is 11.4. The molecule has 0 aliphatic heterocycles. The lowest BCUT2D eigenvalue weighted by Crippen LogP contribution is -2.00. The SMILES string of the molecule is c1ccc(-c2nc(-c3ccccc3)nc(-c3ccc(-c4ccc5cccc(-c6cccc7oc8cccnc8c67)c5n4)cc3)n2)cc1. The van der Waals surface area contributed by atoms with Gasteiger partial charge in [0.05, 0.1) is 16.6 Å². The predicted octanol–water partition coefficient (Wildman–Crippen LogP) is 10.0. The highest BCUT2D eigenvalue weighted by Crippen LogP contribution is 2.38. The molecule has 0 amide bonds. The summed E-state index contributed by atoms with van der Waals surface area (Å²) in [5, 5.41) is 2.06. The molecule has 9 aromatic rings. The molecular weight excluding hydrogens is 578 g/mol. The number of furan rings is 1. The summed E-state index contributed by atoms with van der Waals surface area (Å²) in [4.78, 5) is 24.4. The molecule has 47 heavy (non-hydrogen) atoms. The molecule has 5 aromatic carbocycles. The minimum absolute atomic E-state index is 0.618.